The van der Waals surface area contributed by atoms with E-state index in [9.17, 15) is 0 Å². The number of hydrogen-bond acceptors (Lipinski definition) is 6. The van der Waals surface area contributed by atoms with E-state index >= 15 is 0 Å². The van der Waals surface area contributed by atoms with Crippen LogP contribution in [0.25, 0.3) is 22.6 Å². The van der Waals surface area contributed by atoms with Crippen molar-refractivity contribution in [2.24, 2.45) is 0 Å². The molecule has 1 aromatic carbocycles. The van der Waals surface area contributed by atoms with E-state index in [1.54, 1.807) is 0 Å². The van der Waals surface area contributed by atoms with Crippen molar-refractivity contribution in [2.45, 2.75) is 50.9 Å². The fraction of sp³-hybridized carbons (Fsp3) is 0.407. The molecule has 0 unspecified atom stereocenters. The first-order chi connectivity index (χ1) is 16.7. The van der Waals surface area contributed by atoms with E-state index in [-0.39, 0.29) is 6.79 Å². The van der Waals surface area contributed by atoms with Crippen LogP contribution in [0.5, 0.6) is 11.5 Å². The number of allylic oxidation sites excluding steroid dienone is 1. The monoisotopic (exact) mass is 459 g/mol. The van der Waals surface area contributed by atoms with Gasteiger partial charge in [-0.1, -0.05) is 12.1 Å². The summed E-state index contributed by atoms with van der Waals surface area (Å²) in [4.78, 5) is 10.1. The van der Waals surface area contributed by atoms with Crippen molar-refractivity contribution in [2.75, 3.05) is 20.0 Å². The van der Waals surface area contributed by atoms with Crippen molar-refractivity contribution in [3.63, 3.8) is 0 Å². The number of hydrogen-bond donors (Lipinski definition) is 0. The average molecular weight is 460 g/mol. The van der Waals surface area contributed by atoms with E-state index in [0.29, 0.717) is 25.7 Å². The highest BCUT2D eigenvalue weighted by Crippen LogP contribution is 2.45. The summed E-state index contributed by atoms with van der Waals surface area (Å²) < 4.78 is 25.5. The first kappa shape index (κ1) is 21.4. The zero-order chi connectivity index (χ0) is 23.1. The van der Waals surface area contributed by atoms with Crippen molar-refractivity contribution >= 4 is 0 Å². The van der Waals surface area contributed by atoms with Gasteiger partial charge in [-0.3, -0.25) is 4.98 Å². The first-order valence-electron chi connectivity index (χ1n) is 12.0. The number of aryl methyl sites for hydroxylation is 1. The Morgan fingerprint density at radius 1 is 1.06 bits per heavy atom. The maximum Gasteiger partial charge on any atom is 0.231 e. The Hall–Kier alpha value is -3.16. The average Bonchev–Trinajstić information content (AvgIpc) is 3.59. The topological polar surface area (TPSA) is 67.6 Å². The number of aromatic nitrogens is 3. The molecule has 34 heavy (non-hydrogen) atoms. The molecule has 2 aliphatic heterocycles. The molecule has 0 radical (unpaired) electrons. The number of nitrogens with zero attached hydrogens (tertiary/aromatic N) is 3. The third-order valence-electron chi connectivity index (χ3n) is 7.01. The Bertz CT molecular complexity index is 1220. The number of fused-ring (bicyclic) bond motifs is 1. The minimum atomic E-state index is -0.395. The number of ether oxygens (including phenoxy) is 4. The predicted molar refractivity (Wildman–Crippen MR) is 128 cm³/mol. The lowest BCUT2D eigenvalue weighted by Gasteiger charge is -2.35. The molecule has 7 heteroatoms. The Morgan fingerprint density at radius 2 is 1.85 bits per heavy atom. The molecule has 2 aromatic heterocycles. The normalized spacial score (nSPS) is 19.1. The second-order valence-corrected chi connectivity index (χ2v) is 9.18. The van der Waals surface area contributed by atoms with E-state index in [0.717, 1.165) is 71.3 Å². The summed E-state index contributed by atoms with van der Waals surface area (Å²) in [5, 5.41) is 0. The molecule has 1 saturated heterocycles. The van der Waals surface area contributed by atoms with E-state index < -0.39 is 5.79 Å². The summed E-state index contributed by atoms with van der Waals surface area (Å²) in [7, 11) is 0. The summed E-state index contributed by atoms with van der Waals surface area (Å²) in [6.07, 6.45) is 5.64. The maximum absolute atomic E-state index is 5.97. The van der Waals surface area contributed by atoms with Gasteiger partial charge in [0.15, 0.2) is 17.3 Å². The summed E-state index contributed by atoms with van der Waals surface area (Å²) in [6, 6.07) is 12.2. The molecule has 0 N–H and O–H groups in total. The molecule has 4 heterocycles. The Morgan fingerprint density at radius 3 is 2.62 bits per heavy atom. The van der Waals surface area contributed by atoms with Crippen molar-refractivity contribution < 1.29 is 18.9 Å². The molecule has 176 valence electrons. The molecular formula is C27H29N3O4. The molecule has 0 bridgehead atoms. The molecule has 3 aromatic rings. The minimum Gasteiger partial charge on any atom is -0.454 e. The molecule has 1 aliphatic carbocycles. The Kier molecular flexibility index (Phi) is 5.38. The second kappa shape index (κ2) is 8.56. The first-order valence-corrected chi connectivity index (χ1v) is 12.0. The highest BCUT2D eigenvalue weighted by Gasteiger charge is 2.42. The predicted octanol–water partition coefficient (Wildman–Crippen LogP) is 5.24. The highest BCUT2D eigenvalue weighted by molar-refractivity contribution is 5.79. The molecule has 1 saturated carbocycles. The van der Waals surface area contributed by atoms with Crippen LogP contribution < -0.4 is 9.47 Å². The van der Waals surface area contributed by atoms with Crippen LogP contribution in [-0.4, -0.2) is 40.3 Å². The summed E-state index contributed by atoms with van der Waals surface area (Å²) in [5.41, 5.74) is 4.77. The van der Waals surface area contributed by atoms with Crippen LogP contribution in [0.15, 0.2) is 49.1 Å². The fourth-order valence-corrected chi connectivity index (χ4v) is 5.39. The van der Waals surface area contributed by atoms with Crippen LogP contribution in [-0.2, 0) is 16.0 Å². The fourth-order valence-electron chi connectivity index (χ4n) is 5.39. The van der Waals surface area contributed by atoms with E-state index in [2.05, 4.69) is 17.2 Å². The van der Waals surface area contributed by atoms with Gasteiger partial charge in [0.05, 0.1) is 24.6 Å². The Balaban J connectivity index is 1.47. The quantitative estimate of drug-likeness (QED) is 0.487. The molecular weight excluding hydrogens is 430 g/mol. The van der Waals surface area contributed by atoms with Crippen molar-refractivity contribution in [3.8, 4) is 34.1 Å². The van der Waals surface area contributed by atoms with Crippen molar-refractivity contribution in [3.05, 3.63) is 60.6 Å². The maximum atomic E-state index is 5.97. The van der Waals surface area contributed by atoms with Gasteiger partial charge < -0.3 is 23.5 Å². The van der Waals surface area contributed by atoms with Crippen molar-refractivity contribution in [1.29, 1.82) is 0 Å². The lowest BCUT2D eigenvalue weighted by atomic mass is 9.84. The third kappa shape index (κ3) is 3.69. The summed E-state index contributed by atoms with van der Waals surface area (Å²) in [6.45, 7) is 8.33. The lowest BCUT2D eigenvalue weighted by Crippen LogP contribution is -2.35. The smallest absolute Gasteiger partial charge is 0.231 e. The summed E-state index contributed by atoms with van der Waals surface area (Å²) >= 11 is 0. The Labute approximate surface area is 199 Å². The van der Waals surface area contributed by atoms with Gasteiger partial charge in [-0.05, 0) is 50.1 Å². The molecule has 2 fully saturated rings. The standard InChI is InChI=1S/C27H29N3O4/c1-3-13-30-25(20-7-8-22-23(16-20)32-17-31-22)24(21-6-4-5-18(2)28-21)29-26(30)19-9-11-27(12-10-19)33-14-15-34-27/h3-8,16,19H,1,9-15,17H2,2H3. The van der Waals surface area contributed by atoms with Gasteiger partial charge in [0, 0.05) is 36.6 Å². The van der Waals surface area contributed by atoms with Gasteiger partial charge in [0.25, 0.3) is 0 Å². The SMILES string of the molecule is C=CCn1c(C2CCC3(CC2)OCCO3)nc(-c2cccc(C)n2)c1-c1ccc2c(c1)OCO2. The van der Waals surface area contributed by atoms with Crippen LogP contribution in [0.4, 0.5) is 0 Å². The molecule has 0 amide bonds. The highest BCUT2D eigenvalue weighted by atomic mass is 16.7. The lowest BCUT2D eigenvalue weighted by molar-refractivity contribution is -0.179. The molecule has 7 nitrogen and oxygen atoms in total. The van der Waals surface area contributed by atoms with E-state index in [1.807, 2.05) is 43.3 Å². The minimum absolute atomic E-state index is 0.246. The third-order valence-corrected chi connectivity index (χ3v) is 7.01. The van der Waals surface area contributed by atoms with E-state index in [1.165, 1.54) is 0 Å². The van der Waals surface area contributed by atoms with Crippen LogP contribution >= 0.6 is 0 Å². The molecule has 0 atom stereocenters. The van der Waals surface area contributed by atoms with Gasteiger partial charge in [-0.15, -0.1) is 6.58 Å². The van der Waals surface area contributed by atoms with Crippen LogP contribution in [0, 0.1) is 6.92 Å². The number of imidazole rings is 1. The molecule has 6 rings (SSSR count). The molecule has 3 aliphatic rings. The summed E-state index contributed by atoms with van der Waals surface area (Å²) in [5.74, 6) is 2.50. The zero-order valence-electron chi connectivity index (χ0n) is 19.5. The van der Waals surface area contributed by atoms with E-state index in [4.69, 9.17) is 28.9 Å². The van der Waals surface area contributed by atoms with Gasteiger partial charge in [-0.25, -0.2) is 4.98 Å². The van der Waals surface area contributed by atoms with Gasteiger partial charge in [-0.2, -0.15) is 0 Å². The van der Waals surface area contributed by atoms with Gasteiger partial charge in [0.2, 0.25) is 6.79 Å². The molecule has 1 spiro atoms. The second-order valence-electron chi connectivity index (χ2n) is 9.18. The van der Waals surface area contributed by atoms with Crippen LogP contribution in [0.2, 0.25) is 0 Å². The van der Waals surface area contributed by atoms with Gasteiger partial charge in [0.1, 0.15) is 11.5 Å². The zero-order valence-corrected chi connectivity index (χ0v) is 19.5. The van der Waals surface area contributed by atoms with Crippen molar-refractivity contribution in [1.82, 2.24) is 14.5 Å². The van der Waals surface area contributed by atoms with Crippen LogP contribution in [0.1, 0.15) is 43.1 Å². The largest absolute Gasteiger partial charge is 0.454 e. The number of rotatable bonds is 5. The van der Waals surface area contributed by atoms with Gasteiger partial charge >= 0.3 is 0 Å². The number of pyridine rings is 1. The number of benzene rings is 1. The van der Waals surface area contributed by atoms with Crippen LogP contribution in [0.3, 0.4) is 0 Å².